The molecule has 13 heavy (non-hydrogen) atoms. The maximum Gasteiger partial charge on any atom is 0.193 e. The van der Waals surface area contributed by atoms with Gasteiger partial charge in [0, 0.05) is 18.7 Å². The van der Waals surface area contributed by atoms with Gasteiger partial charge in [-0.15, -0.1) is 0 Å². The van der Waals surface area contributed by atoms with Crippen LogP contribution < -0.4 is 5.32 Å². The average molecular weight is 175 g/mol. The van der Waals surface area contributed by atoms with Crippen LogP contribution in [-0.4, -0.2) is 7.05 Å². The van der Waals surface area contributed by atoms with E-state index in [-0.39, 0.29) is 0 Å². The zero-order valence-corrected chi connectivity index (χ0v) is 7.87. The predicted molar refractivity (Wildman–Crippen MR) is 55.5 cm³/mol. The molecule has 1 aromatic rings. The molecule has 1 N–H and O–H groups in total. The molecule has 0 fully saturated rings. The van der Waals surface area contributed by atoms with Crippen molar-refractivity contribution in [2.45, 2.75) is 6.92 Å². The highest BCUT2D eigenvalue weighted by Gasteiger charge is 2.07. The minimum absolute atomic E-state index is 0.487. The highest BCUT2D eigenvalue weighted by Crippen LogP contribution is 2.25. The number of rotatable bonds is 1. The van der Waals surface area contributed by atoms with Crippen LogP contribution in [0.15, 0.2) is 22.6 Å². The van der Waals surface area contributed by atoms with E-state index < -0.39 is 0 Å². The van der Waals surface area contributed by atoms with Gasteiger partial charge in [-0.1, -0.05) is 25.2 Å². The number of fused-ring (bicyclic) bond motifs is 1. The van der Waals surface area contributed by atoms with Crippen LogP contribution in [-0.2, 0) is 0 Å². The first-order chi connectivity index (χ1) is 6.29. The van der Waals surface area contributed by atoms with E-state index in [4.69, 9.17) is 4.42 Å². The first-order valence-electron chi connectivity index (χ1n) is 4.47. The molecule has 0 aliphatic heterocycles. The fourth-order valence-electron chi connectivity index (χ4n) is 1.36. The van der Waals surface area contributed by atoms with Crippen molar-refractivity contribution >= 4 is 18.0 Å². The normalized spacial score (nSPS) is 19.7. The predicted octanol–water partition coefficient (Wildman–Crippen LogP) is 3.00. The molecule has 0 saturated carbocycles. The molecule has 1 aromatic heterocycles. The molecule has 1 unspecified atom stereocenters. The highest BCUT2D eigenvalue weighted by atomic mass is 16.4. The summed E-state index contributed by atoms with van der Waals surface area (Å²) in [5.74, 6) is 2.24. The molecule has 2 heteroatoms. The van der Waals surface area contributed by atoms with Gasteiger partial charge in [0.2, 0.25) is 0 Å². The second-order valence-electron chi connectivity index (χ2n) is 3.26. The number of allylic oxidation sites excluding steroid dienone is 2. The Balaban J connectivity index is 2.42. The second kappa shape index (κ2) is 3.13. The van der Waals surface area contributed by atoms with Crippen LogP contribution in [0.1, 0.15) is 18.2 Å². The van der Waals surface area contributed by atoms with Gasteiger partial charge in [-0.25, -0.2) is 0 Å². The summed E-state index contributed by atoms with van der Waals surface area (Å²) >= 11 is 0. The first-order valence-corrected chi connectivity index (χ1v) is 4.47. The van der Waals surface area contributed by atoms with E-state index in [2.05, 4.69) is 30.5 Å². The summed E-state index contributed by atoms with van der Waals surface area (Å²) in [5.41, 5.74) is 1.14. The molecular formula is C11H13NO. The number of anilines is 1. The quantitative estimate of drug-likeness (QED) is 0.709. The molecule has 0 bridgehead atoms. The summed E-state index contributed by atoms with van der Waals surface area (Å²) in [6.45, 7) is 2.15. The Morgan fingerprint density at radius 3 is 2.85 bits per heavy atom. The van der Waals surface area contributed by atoms with Gasteiger partial charge in [-0.2, -0.15) is 0 Å². The van der Waals surface area contributed by atoms with Gasteiger partial charge in [0.1, 0.15) is 5.76 Å². The van der Waals surface area contributed by atoms with Crippen molar-refractivity contribution in [3.63, 3.8) is 0 Å². The van der Waals surface area contributed by atoms with E-state index in [1.807, 2.05) is 19.2 Å². The van der Waals surface area contributed by atoms with Gasteiger partial charge in [-0.3, -0.25) is 0 Å². The smallest absolute Gasteiger partial charge is 0.193 e. The van der Waals surface area contributed by atoms with Gasteiger partial charge in [0.25, 0.3) is 0 Å². The monoisotopic (exact) mass is 175 g/mol. The number of nitrogens with one attached hydrogen (secondary N) is 1. The van der Waals surface area contributed by atoms with Crippen LogP contribution in [0.2, 0.25) is 0 Å². The van der Waals surface area contributed by atoms with Crippen LogP contribution in [0.5, 0.6) is 0 Å². The third kappa shape index (κ3) is 1.52. The molecule has 2 rings (SSSR count). The molecule has 1 heterocycles. The number of hydrogen-bond donors (Lipinski definition) is 1. The molecule has 68 valence electrons. The zero-order valence-electron chi connectivity index (χ0n) is 7.87. The van der Waals surface area contributed by atoms with E-state index in [9.17, 15) is 0 Å². The Kier molecular flexibility index (Phi) is 1.97. The van der Waals surface area contributed by atoms with Crippen molar-refractivity contribution in [3.8, 4) is 0 Å². The van der Waals surface area contributed by atoms with Gasteiger partial charge < -0.3 is 9.73 Å². The van der Waals surface area contributed by atoms with Gasteiger partial charge in [0.15, 0.2) is 5.88 Å². The molecule has 0 spiro atoms. The summed E-state index contributed by atoms with van der Waals surface area (Å²) in [6.07, 6.45) is 8.42. The first kappa shape index (κ1) is 8.17. The molecule has 1 atom stereocenters. The summed E-state index contributed by atoms with van der Waals surface area (Å²) in [6, 6.07) is 2.01. The van der Waals surface area contributed by atoms with E-state index in [1.54, 1.807) is 0 Å². The van der Waals surface area contributed by atoms with Crippen molar-refractivity contribution in [3.05, 3.63) is 29.5 Å². The highest BCUT2D eigenvalue weighted by molar-refractivity contribution is 5.67. The molecule has 1 aliphatic carbocycles. The molecule has 1 aliphatic rings. The lowest BCUT2D eigenvalue weighted by Gasteiger charge is -1.92. The third-order valence-electron chi connectivity index (χ3n) is 2.17. The van der Waals surface area contributed by atoms with Crippen LogP contribution >= 0.6 is 0 Å². The maximum absolute atomic E-state index is 5.53. The Labute approximate surface area is 77.9 Å². The van der Waals surface area contributed by atoms with Crippen molar-refractivity contribution in [1.82, 2.24) is 0 Å². The number of hydrogen-bond acceptors (Lipinski definition) is 2. The summed E-state index contributed by atoms with van der Waals surface area (Å²) < 4.78 is 5.53. The van der Waals surface area contributed by atoms with Crippen LogP contribution in [0.25, 0.3) is 12.2 Å². The van der Waals surface area contributed by atoms with Gasteiger partial charge in [-0.05, 0) is 12.0 Å². The summed E-state index contributed by atoms with van der Waals surface area (Å²) in [7, 11) is 1.86. The Bertz CT molecular complexity index is 329. The second-order valence-corrected chi connectivity index (χ2v) is 3.26. The summed E-state index contributed by atoms with van der Waals surface area (Å²) in [5, 5.41) is 2.98. The molecular weight excluding hydrogens is 162 g/mol. The molecule has 0 radical (unpaired) electrons. The van der Waals surface area contributed by atoms with Crippen LogP contribution in [0, 0.1) is 5.92 Å². The number of furan rings is 1. The third-order valence-corrected chi connectivity index (χ3v) is 2.17. The Morgan fingerprint density at radius 2 is 2.08 bits per heavy atom. The van der Waals surface area contributed by atoms with E-state index in [0.717, 1.165) is 17.2 Å². The van der Waals surface area contributed by atoms with Gasteiger partial charge >= 0.3 is 0 Å². The molecule has 2 nitrogen and oxygen atoms in total. The molecule has 0 amide bonds. The topological polar surface area (TPSA) is 25.2 Å². The molecule has 0 saturated heterocycles. The zero-order chi connectivity index (χ0) is 9.26. The van der Waals surface area contributed by atoms with Crippen molar-refractivity contribution < 1.29 is 4.42 Å². The lowest BCUT2D eigenvalue weighted by atomic mass is 10.1. The van der Waals surface area contributed by atoms with E-state index in [1.165, 1.54) is 0 Å². The minimum atomic E-state index is 0.487. The standard InChI is InChI=1S/C11H13NO/c1-8-3-5-9-7-11(12-2)13-10(9)6-4-8/h3-8,12H,1-2H3. The van der Waals surface area contributed by atoms with Crippen LogP contribution in [0.3, 0.4) is 0 Å². The van der Waals surface area contributed by atoms with E-state index in [0.29, 0.717) is 5.92 Å². The fourth-order valence-corrected chi connectivity index (χ4v) is 1.36. The van der Waals surface area contributed by atoms with Crippen molar-refractivity contribution in [2.75, 3.05) is 12.4 Å². The fraction of sp³-hybridized carbons (Fsp3) is 0.273. The van der Waals surface area contributed by atoms with Gasteiger partial charge in [0.05, 0.1) is 0 Å². The maximum atomic E-state index is 5.53. The van der Waals surface area contributed by atoms with E-state index >= 15 is 0 Å². The van der Waals surface area contributed by atoms with Crippen molar-refractivity contribution in [1.29, 1.82) is 0 Å². The lowest BCUT2D eigenvalue weighted by Crippen LogP contribution is -1.82. The SMILES string of the molecule is CNc1cc2c(o1)C=CC(C)C=C2. The van der Waals surface area contributed by atoms with Crippen molar-refractivity contribution in [2.24, 2.45) is 5.92 Å². The average Bonchev–Trinajstić information content (AvgIpc) is 2.47. The largest absolute Gasteiger partial charge is 0.441 e. The minimum Gasteiger partial charge on any atom is -0.441 e. The Hall–Kier alpha value is -1.44. The van der Waals surface area contributed by atoms with Crippen LogP contribution in [0.4, 0.5) is 5.88 Å². The molecule has 0 aromatic carbocycles. The lowest BCUT2D eigenvalue weighted by molar-refractivity contribution is 0.572. The summed E-state index contributed by atoms with van der Waals surface area (Å²) in [4.78, 5) is 0. The Morgan fingerprint density at radius 1 is 1.31 bits per heavy atom.